The predicted molar refractivity (Wildman–Crippen MR) is 78.3 cm³/mol. The normalized spacial score (nSPS) is 11.5. The van der Waals surface area contributed by atoms with Gasteiger partial charge >= 0.3 is 6.18 Å². The van der Waals surface area contributed by atoms with Crippen molar-refractivity contribution in [2.24, 2.45) is 5.73 Å². The van der Waals surface area contributed by atoms with Crippen LogP contribution in [0, 0.1) is 6.92 Å². The van der Waals surface area contributed by atoms with Crippen molar-refractivity contribution in [1.29, 1.82) is 0 Å². The van der Waals surface area contributed by atoms with Crippen LogP contribution in [0.3, 0.4) is 0 Å². The van der Waals surface area contributed by atoms with Crippen molar-refractivity contribution < 1.29 is 17.9 Å². The zero-order valence-corrected chi connectivity index (χ0v) is 12.8. The van der Waals surface area contributed by atoms with Gasteiger partial charge in [-0.05, 0) is 58.7 Å². The zero-order valence-electron chi connectivity index (χ0n) is 11.2. The van der Waals surface area contributed by atoms with E-state index in [0.29, 0.717) is 17.1 Å². The van der Waals surface area contributed by atoms with Crippen LogP contribution < -0.4 is 10.5 Å². The highest BCUT2D eigenvalue weighted by atomic mass is 79.9. The van der Waals surface area contributed by atoms with E-state index in [-0.39, 0.29) is 6.54 Å². The van der Waals surface area contributed by atoms with Crippen LogP contribution in [0.5, 0.6) is 11.5 Å². The van der Waals surface area contributed by atoms with Gasteiger partial charge in [0.2, 0.25) is 0 Å². The molecule has 0 atom stereocenters. The van der Waals surface area contributed by atoms with Crippen molar-refractivity contribution in [1.82, 2.24) is 0 Å². The monoisotopic (exact) mass is 359 g/mol. The average molecular weight is 360 g/mol. The van der Waals surface area contributed by atoms with Crippen LogP contribution >= 0.6 is 15.9 Å². The van der Waals surface area contributed by atoms with Crippen molar-refractivity contribution >= 4 is 15.9 Å². The Morgan fingerprint density at radius 1 is 1.10 bits per heavy atom. The molecule has 112 valence electrons. The van der Waals surface area contributed by atoms with Gasteiger partial charge in [0.25, 0.3) is 0 Å². The summed E-state index contributed by atoms with van der Waals surface area (Å²) in [6.07, 6.45) is -4.40. The van der Waals surface area contributed by atoms with Gasteiger partial charge in [0.15, 0.2) is 0 Å². The summed E-state index contributed by atoms with van der Waals surface area (Å²) in [4.78, 5) is 0. The van der Waals surface area contributed by atoms with Crippen molar-refractivity contribution in [3.05, 3.63) is 57.6 Å². The van der Waals surface area contributed by atoms with Crippen LogP contribution in [-0.4, -0.2) is 0 Å². The highest BCUT2D eigenvalue weighted by Gasteiger charge is 2.31. The highest BCUT2D eigenvalue weighted by Crippen LogP contribution is 2.36. The Hall–Kier alpha value is -1.53. The molecule has 0 fully saturated rings. The van der Waals surface area contributed by atoms with Gasteiger partial charge in [-0.3, -0.25) is 0 Å². The predicted octanol–water partition coefficient (Wildman–Crippen LogP) is 5.03. The van der Waals surface area contributed by atoms with E-state index in [0.717, 1.165) is 22.2 Å². The Bertz CT molecular complexity index is 656. The quantitative estimate of drug-likeness (QED) is 0.834. The first kappa shape index (κ1) is 15.9. The molecule has 0 radical (unpaired) electrons. The molecule has 0 amide bonds. The number of ether oxygens (including phenoxy) is 1. The molecule has 2 aromatic rings. The summed E-state index contributed by atoms with van der Waals surface area (Å²) in [7, 11) is 0. The number of hydrogen-bond donors (Lipinski definition) is 1. The van der Waals surface area contributed by atoms with Crippen LogP contribution in [-0.2, 0) is 12.7 Å². The first-order valence-electron chi connectivity index (χ1n) is 6.15. The number of halogens is 4. The molecule has 0 aliphatic heterocycles. The standard InChI is InChI=1S/C15H13BrF3NO/c1-9-2-4-14(12(16)6-9)21-13-5-3-11(15(17,18)19)7-10(13)8-20/h2-7H,8,20H2,1H3. The number of nitrogens with two attached hydrogens (primary N) is 1. The lowest BCUT2D eigenvalue weighted by molar-refractivity contribution is -0.137. The number of benzene rings is 2. The molecule has 0 saturated heterocycles. The lowest BCUT2D eigenvalue weighted by Crippen LogP contribution is -2.08. The van der Waals surface area contributed by atoms with E-state index in [2.05, 4.69) is 15.9 Å². The van der Waals surface area contributed by atoms with Gasteiger partial charge in [0.1, 0.15) is 11.5 Å². The molecular formula is C15H13BrF3NO. The topological polar surface area (TPSA) is 35.2 Å². The maximum absolute atomic E-state index is 12.7. The molecule has 0 aliphatic carbocycles. The van der Waals surface area contributed by atoms with E-state index in [9.17, 15) is 13.2 Å². The molecule has 2 rings (SSSR count). The van der Waals surface area contributed by atoms with E-state index in [1.54, 1.807) is 6.07 Å². The fraction of sp³-hybridized carbons (Fsp3) is 0.200. The van der Waals surface area contributed by atoms with Gasteiger partial charge in [0, 0.05) is 12.1 Å². The molecule has 2 N–H and O–H groups in total. The minimum atomic E-state index is -4.40. The van der Waals surface area contributed by atoms with Crippen LogP contribution in [0.1, 0.15) is 16.7 Å². The molecule has 0 aromatic heterocycles. The van der Waals surface area contributed by atoms with Crippen molar-refractivity contribution in [2.45, 2.75) is 19.6 Å². The first-order valence-corrected chi connectivity index (χ1v) is 6.95. The second-order valence-corrected chi connectivity index (χ2v) is 5.41. The van der Waals surface area contributed by atoms with Crippen molar-refractivity contribution in [3.8, 4) is 11.5 Å². The molecule has 2 aromatic carbocycles. The Labute approximate surface area is 128 Å². The van der Waals surface area contributed by atoms with Gasteiger partial charge in [0.05, 0.1) is 10.0 Å². The molecule has 0 heterocycles. The molecule has 0 bridgehead atoms. The van der Waals surface area contributed by atoms with Crippen LogP contribution in [0.4, 0.5) is 13.2 Å². The number of hydrogen-bond acceptors (Lipinski definition) is 2. The largest absolute Gasteiger partial charge is 0.456 e. The minimum absolute atomic E-state index is 0.0390. The van der Waals surface area contributed by atoms with Gasteiger partial charge < -0.3 is 10.5 Å². The Balaban J connectivity index is 2.36. The molecule has 2 nitrogen and oxygen atoms in total. The van der Waals surface area contributed by atoms with Crippen LogP contribution in [0.15, 0.2) is 40.9 Å². The third-order valence-corrected chi connectivity index (χ3v) is 3.53. The summed E-state index contributed by atoms with van der Waals surface area (Å²) >= 11 is 3.36. The van der Waals surface area contributed by atoms with Crippen LogP contribution in [0.2, 0.25) is 0 Å². The maximum atomic E-state index is 12.7. The third-order valence-electron chi connectivity index (χ3n) is 2.92. The molecule has 0 unspecified atom stereocenters. The summed E-state index contributed by atoms with van der Waals surface area (Å²) in [5, 5.41) is 0. The highest BCUT2D eigenvalue weighted by molar-refractivity contribution is 9.10. The fourth-order valence-electron chi connectivity index (χ4n) is 1.82. The molecule has 0 spiro atoms. The van der Waals surface area contributed by atoms with E-state index in [4.69, 9.17) is 10.5 Å². The molecular weight excluding hydrogens is 347 g/mol. The van der Waals surface area contributed by atoms with Gasteiger partial charge in [-0.1, -0.05) is 6.07 Å². The minimum Gasteiger partial charge on any atom is -0.456 e. The molecule has 0 aliphatic rings. The number of alkyl halides is 3. The lowest BCUT2D eigenvalue weighted by atomic mass is 10.1. The summed E-state index contributed by atoms with van der Waals surface area (Å²) in [6, 6.07) is 8.75. The fourth-order valence-corrected chi connectivity index (χ4v) is 2.40. The zero-order chi connectivity index (χ0) is 15.6. The second kappa shape index (κ2) is 6.07. The third kappa shape index (κ3) is 3.77. The lowest BCUT2D eigenvalue weighted by Gasteiger charge is -2.14. The van der Waals surface area contributed by atoms with Gasteiger partial charge in [-0.25, -0.2) is 0 Å². The Morgan fingerprint density at radius 3 is 2.33 bits per heavy atom. The molecule has 6 heteroatoms. The first-order chi connectivity index (χ1) is 9.81. The molecule has 21 heavy (non-hydrogen) atoms. The summed E-state index contributed by atoms with van der Waals surface area (Å²) in [5.41, 5.74) is 6.13. The maximum Gasteiger partial charge on any atom is 0.416 e. The SMILES string of the molecule is Cc1ccc(Oc2ccc(C(F)(F)F)cc2CN)c(Br)c1. The van der Waals surface area contributed by atoms with Gasteiger partial charge in [-0.15, -0.1) is 0 Å². The number of rotatable bonds is 3. The van der Waals surface area contributed by atoms with E-state index < -0.39 is 11.7 Å². The summed E-state index contributed by atoms with van der Waals surface area (Å²) < 4.78 is 44.4. The van der Waals surface area contributed by atoms with Gasteiger partial charge in [-0.2, -0.15) is 13.2 Å². The second-order valence-electron chi connectivity index (χ2n) is 4.56. The number of aryl methyl sites for hydroxylation is 1. The van der Waals surface area contributed by atoms with E-state index in [1.165, 1.54) is 6.07 Å². The Morgan fingerprint density at radius 2 is 1.76 bits per heavy atom. The van der Waals surface area contributed by atoms with Crippen molar-refractivity contribution in [3.63, 3.8) is 0 Å². The smallest absolute Gasteiger partial charge is 0.416 e. The van der Waals surface area contributed by atoms with Crippen molar-refractivity contribution in [2.75, 3.05) is 0 Å². The Kier molecular flexibility index (Phi) is 4.58. The summed E-state index contributed by atoms with van der Waals surface area (Å²) in [5.74, 6) is 0.838. The van der Waals surface area contributed by atoms with E-state index in [1.807, 2.05) is 19.1 Å². The summed E-state index contributed by atoms with van der Waals surface area (Å²) in [6.45, 7) is 1.89. The average Bonchev–Trinajstić information content (AvgIpc) is 2.41. The molecule has 0 saturated carbocycles. The van der Waals surface area contributed by atoms with Crippen LogP contribution in [0.25, 0.3) is 0 Å². The van der Waals surface area contributed by atoms with E-state index >= 15 is 0 Å².